The summed E-state index contributed by atoms with van der Waals surface area (Å²) >= 11 is 0. The first kappa shape index (κ1) is 22.3. The van der Waals surface area contributed by atoms with Crippen LogP contribution in [-0.2, 0) is 9.47 Å². The number of fused-ring (bicyclic) bond motifs is 1. The first-order valence-corrected chi connectivity index (χ1v) is 11.8. The Balaban J connectivity index is 1.55. The molecule has 0 bridgehead atoms. The number of aliphatic hydroxyl groups excluding tert-OH is 1. The minimum atomic E-state index is -0.274. The van der Waals surface area contributed by atoms with Crippen LogP contribution in [0.5, 0.6) is 0 Å². The van der Waals surface area contributed by atoms with Gasteiger partial charge >= 0.3 is 0 Å². The van der Waals surface area contributed by atoms with Crippen molar-refractivity contribution < 1.29 is 14.6 Å². The van der Waals surface area contributed by atoms with E-state index in [0.717, 1.165) is 41.6 Å². The van der Waals surface area contributed by atoms with Gasteiger partial charge in [-0.1, -0.05) is 13.8 Å². The third-order valence-electron chi connectivity index (χ3n) is 7.13. The van der Waals surface area contributed by atoms with E-state index in [9.17, 15) is 5.11 Å². The number of nitrogens with zero attached hydrogens (tertiary/aromatic N) is 5. The quantitative estimate of drug-likeness (QED) is 0.565. The molecule has 2 N–H and O–H groups in total. The van der Waals surface area contributed by atoms with Gasteiger partial charge in [-0.2, -0.15) is 5.10 Å². The Morgan fingerprint density at radius 3 is 2.82 bits per heavy atom. The molecule has 0 amide bonds. The van der Waals surface area contributed by atoms with Crippen molar-refractivity contribution in [1.82, 2.24) is 24.4 Å². The molecule has 9 heteroatoms. The van der Waals surface area contributed by atoms with Crippen molar-refractivity contribution in [2.24, 2.45) is 5.41 Å². The number of hydrogen-bond donors (Lipinski definition) is 2. The van der Waals surface area contributed by atoms with E-state index in [1.807, 2.05) is 28.5 Å². The highest BCUT2D eigenvalue weighted by Gasteiger charge is 2.37. The van der Waals surface area contributed by atoms with Crippen molar-refractivity contribution in [3.8, 4) is 11.1 Å². The zero-order valence-electron chi connectivity index (χ0n) is 19.9. The third-order valence-corrected chi connectivity index (χ3v) is 7.13. The molecule has 9 nitrogen and oxygen atoms in total. The van der Waals surface area contributed by atoms with Crippen LogP contribution in [0.4, 0.5) is 5.95 Å². The van der Waals surface area contributed by atoms with Gasteiger partial charge in [0, 0.05) is 42.1 Å². The summed E-state index contributed by atoms with van der Waals surface area (Å²) in [5, 5.41) is 23.3. The predicted molar refractivity (Wildman–Crippen MR) is 125 cm³/mol. The Hall–Kier alpha value is -2.49. The fraction of sp³-hybridized carbons (Fsp3) is 0.625. The lowest BCUT2D eigenvalue weighted by Crippen LogP contribution is -2.36. The van der Waals surface area contributed by atoms with E-state index in [-0.39, 0.29) is 17.6 Å². The van der Waals surface area contributed by atoms with E-state index in [4.69, 9.17) is 14.6 Å². The second-order valence-corrected chi connectivity index (χ2v) is 10.2. The van der Waals surface area contributed by atoms with Crippen molar-refractivity contribution >= 4 is 11.5 Å². The molecule has 0 spiro atoms. The molecule has 33 heavy (non-hydrogen) atoms. The van der Waals surface area contributed by atoms with Gasteiger partial charge in [0.25, 0.3) is 0 Å². The molecule has 1 saturated carbocycles. The van der Waals surface area contributed by atoms with Gasteiger partial charge in [0.2, 0.25) is 5.95 Å². The first-order valence-electron chi connectivity index (χ1n) is 11.8. The van der Waals surface area contributed by atoms with Gasteiger partial charge in [0.1, 0.15) is 0 Å². The monoisotopic (exact) mass is 454 g/mol. The second kappa shape index (κ2) is 8.70. The standard InChI is InChI=1S/C24H34N6O3/c1-15(12-32-4)27-23-25-10-21-19(17-9-26-29(11-17)18-13-33-14-18)7-20(30(21)28-23)16-5-6-22(31)24(2,3)8-16/h7,9-11,15-16,18,22,31H,5-6,8,12-14H2,1-4H3,(H,27,28)/t15-,16+,22+/m0/s1. The van der Waals surface area contributed by atoms with E-state index in [0.29, 0.717) is 37.7 Å². The average molecular weight is 455 g/mol. The number of aliphatic hydroxyl groups is 1. The molecule has 0 unspecified atom stereocenters. The molecule has 2 fully saturated rings. The Morgan fingerprint density at radius 1 is 1.30 bits per heavy atom. The smallest absolute Gasteiger partial charge is 0.241 e. The molecule has 3 atom stereocenters. The maximum Gasteiger partial charge on any atom is 0.241 e. The zero-order valence-corrected chi connectivity index (χ0v) is 19.9. The number of ether oxygens (including phenoxy) is 2. The van der Waals surface area contributed by atoms with E-state index in [1.54, 1.807) is 7.11 Å². The van der Waals surface area contributed by atoms with Crippen LogP contribution in [0.15, 0.2) is 24.7 Å². The van der Waals surface area contributed by atoms with Gasteiger partial charge in [-0.15, -0.1) is 5.10 Å². The second-order valence-electron chi connectivity index (χ2n) is 10.2. The SMILES string of the molecule is COC[C@H](C)Nc1ncc2c(-c3cnn(C4COC4)c3)cc([C@@H]3CC[C@@H](O)C(C)(C)C3)n2n1. The highest BCUT2D eigenvalue weighted by atomic mass is 16.5. The Bertz CT molecular complexity index is 1120. The molecule has 1 saturated heterocycles. The van der Waals surface area contributed by atoms with Gasteiger partial charge in [0.05, 0.1) is 49.9 Å². The largest absolute Gasteiger partial charge is 0.393 e. The summed E-state index contributed by atoms with van der Waals surface area (Å²) < 4.78 is 14.6. The highest BCUT2D eigenvalue weighted by Crippen LogP contribution is 2.45. The van der Waals surface area contributed by atoms with Crippen molar-refractivity contribution in [1.29, 1.82) is 0 Å². The van der Waals surface area contributed by atoms with Crippen LogP contribution in [0.1, 0.15) is 57.7 Å². The number of rotatable bonds is 7. The maximum absolute atomic E-state index is 10.5. The molecule has 4 heterocycles. The number of hydrogen-bond acceptors (Lipinski definition) is 7. The van der Waals surface area contributed by atoms with Crippen molar-refractivity contribution in [2.45, 2.75) is 64.1 Å². The van der Waals surface area contributed by atoms with Crippen LogP contribution in [-0.4, -0.2) is 68.6 Å². The summed E-state index contributed by atoms with van der Waals surface area (Å²) in [5.41, 5.74) is 4.12. The summed E-state index contributed by atoms with van der Waals surface area (Å²) in [5.74, 6) is 0.881. The number of nitrogens with one attached hydrogen (secondary N) is 1. The molecule has 2 aliphatic rings. The summed E-state index contributed by atoms with van der Waals surface area (Å²) in [6.07, 6.45) is 8.25. The highest BCUT2D eigenvalue weighted by molar-refractivity contribution is 5.81. The molecular formula is C24H34N6O3. The van der Waals surface area contributed by atoms with Crippen LogP contribution < -0.4 is 5.32 Å². The number of methoxy groups -OCH3 is 1. The fourth-order valence-corrected chi connectivity index (χ4v) is 5.04. The molecule has 1 aliphatic carbocycles. The van der Waals surface area contributed by atoms with Gasteiger partial charge < -0.3 is 19.9 Å². The van der Waals surface area contributed by atoms with E-state index in [1.165, 1.54) is 0 Å². The van der Waals surface area contributed by atoms with Crippen LogP contribution in [0.2, 0.25) is 0 Å². The van der Waals surface area contributed by atoms with Crippen LogP contribution in [0.3, 0.4) is 0 Å². The fourth-order valence-electron chi connectivity index (χ4n) is 5.04. The molecule has 3 aromatic rings. The van der Waals surface area contributed by atoms with Crippen molar-refractivity contribution in [3.05, 3.63) is 30.4 Å². The summed E-state index contributed by atoms with van der Waals surface area (Å²) in [4.78, 5) is 4.60. The normalized spacial score (nSPS) is 24.0. The van der Waals surface area contributed by atoms with E-state index >= 15 is 0 Å². The molecular weight excluding hydrogens is 420 g/mol. The minimum absolute atomic E-state index is 0.0950. The molecule has 5 rings (SSSR count). The van der Waals surface area contributed by atoms with Gasteiger partial charge in [-0.05, 0) is 37.7 Å². The predicted octanol–water partition coefficient (Wildman–Crippen LogP) is 3.27. The lowest BCUT2D eigenvalue weighted by atomic mass is 9.69. The van der Waals surface area contributed by atoms with Crippen LogP contribution in [0, 0.1) is 5.41 Å². The van der Waals surface area contributed by atoms with Gasteiger partial charge in [0.15, 0.2) is 0 Å². The van der Waals surface area contributed by atoms with E-state index < -0.39 is 0 Å². The number of aromatic nitrogens is 5. The van der Waals surface area contributed by atoms with Gasteiger partial charge in [-0.3, -0.25) is 4.68 Å². The molecule has 3 aromatic heterocycles. The third kappa shape index (κ3) is 4.25. The molecule has 178 valence electrons. The topological polar surface area (TPSA) is 98.7 Å². The van der Waals surface area contributed by atoms with Crippen molar-refractivity contribution in [3.63, 3.8) is 0 Å². The molecule has 1 aliphatic heterocycles. The van der Waals surface area contributed by atoms with E-state index in [2.05, 4.69) is 41.5 Å². The summed E-state index contributed by atoms with van der Waals surface area (Å²) in [6.45, 7) is 8.34. The molecule has 0 radical (unpaired) electrons. The number of anilines is 1. The maximum atomic E-state index is 10.5. The summed E-state index contributed by atoms with van der Waals surface area (Å²) in [7, 11) is 1.69. The first-order chi connectivity index (χ1) is 15.9. The minimum Gasteiger partial charge on any atom is -0.393 e. The van der Waals surface area contributed by atoms with Gasteiger partial charge in [-0.25, -0.2) is 9.50 Å². The van der Waals surface area contributed by atoms with Crippen LogP contribution in [0.25, 0.3) is 16.6 Å². The molecule has 0 aromatic carbocycles. The Kier molecular flexibility index (Phi) is 5.88. The Labute approximate surface area is 194 Å². The zero-order chi connectivity index (χ0) is 23.2. The van der Waals surface area contributed by atoms with Crippen molar-refractivity contribution in [2.75, 3.05) is 32.2 Å². The average Bonchev–Trinajstić information content (AvgIpc) is 3.33. The summed E-state index contributed by atoms with van der Waals surface area (Å²) in [6, 6.07) is 2.64. The Morgan fingerprint density at radius 2 is 2.12 bits per heavy atom. The lowest BCUT2D eigenvalue weighted by molar-refractivity contribution is -0.0286. The lowest BCUT2D eigenvalue weighted by Gasteiger charge is -2.39. The van der Waals surface area contributed by atoms with Crippen LogP contribution >= 0.6 is 0 Å².